The van der Waals surface area contributed by atoms with Crippen molar-refractivity contribution in [3.8, 4) is 5.69 Å². The molecule has 0 atom stereocenters. The van der Waals surface area contributed by atoms with Gasteiger partial charge in [0.25, 0.3) is 5.56 Å². The summed E-state index contributed by atoms with van der Waals surface area (Å²) in [5.74, 6) is -0.352. The largest absolute Gasteiger partial charge is 0.298 e. The molecule has 3 rings (SSSR count). The lowest BCUT2D eigenvalue weighted by Gasteiger charge is -2.10. The van der Waals surface area contributed by atoms with E-state index in [0.29, 0.717) is 16.6 Å². The molecule has 3 aromatic rings. The molecule has 94 valence electrons. The first-order valence-corrected chi connectivity index (χ1v) is 6.08. The molecular weight excluding hydrogens is 263 g/mol. The van der Waals surface area contributed by atoms with Crippen LogP contribution in [0.15, 0.2) is 53.3 Å². The van der Waals surface area contributed by atoms with Crippen molar-refractivity contribution in [1.29, 1.82) is 0 Å². The highest BCUT2D eigenvalue weighted by molar-refractivity contribution is 7.71. The van der Waals surface area contributed by atoms with E-state index >= 15 is 0 Å². The molecule has 19 heavy (non-hydrogen) atoms. The second-order valence-electron chi connectivity index (χ2n) is 4.09. The van der Waals surface area contributed by atoms with Gasteiger partial charge in [-0.25, -0.2) is 4.39 Å². The summed E-state index contributed by atoms with van der Waals surface area (Å²) in [5, 5.41) is 0.514. The molecule has 1 aromatic heterocycles. The number of para-hydroxylation sites is 1. The first-order valence-electron chi connectivity index (χ1n) is 5.67. The van der Waals surface area contributed by atoms with Crippen molar-refractivity contribution in [3.05, 3.63) is 69.5 Å². The molecule has 0 unspecified atom stereocenters. The lowest BCUT2D eigenvalue weighted by Crippen LogP contribution is -2.13. The first-order chi connectivity index (χ1) is 9.16. The summed E-state index contributed by atoms with van der Waals surface area (Å²) in [6.45, 7) is 0. The number of halogens is 1. The zero-order chi connectivity index (χ0) is 13.4. The van der Waals surface area contributed by atoms with Crippen LogP contribution in [-0.2, 0) is 0 Å². The van der Waals surface area contributed by atoms with Crippen molar-refractivity contribution in [2.75, 3.05) is 0 Å². The monoisotopic (exact) mass is 272 g/mol. The first kappa shape index (κ1) is 11.8. The van der Waals surface area contributed by atoms with Gasteiger partial charge in [0.05, 0.1) is 16.6 Å². The molecule has 1 N–H and O–H groups in total. The molecule has 0 radical (unpaired) electrons. The van der Waals surface area contributed by atoms with E-state index in [0.717, 1.165) is 0 Å². The molecule has 1 heterocycles. The maximum Gasteiger partial charge on any atom is 0.259 e. The summed E-state index contributed by atoms with van der Waals surface area (Å²) in [7, 11) is 0. The Hall–Kier alpha value is -2.27. The number of nitrogens with zero attached hydrogens (tertiary/aromatic N) is 1. The summed E-state index contributed by atoms with van der Waals surface area (Å²) in [6, 6.07) is 13.2. The Morgan fingerprint density at radius 1 is 1.11 bits per heavy atom. The number of H-pyrrole nitrogens is 1. The number of fused-ring (bicyclic) bond motifs is 1. The lowest BCUT2D eigenvalue weighted by molar-refractivity contribution is 0.626. The molecule has 0 amide bonds. The van der Waals surface area contributed by atoms with Gasteiger partial charge in [-0.3, -0.25) is 14.3 Å². The molecule has 5 heteroatoms. The molecule has 0 aliphatic rings. The highest BCUT2D eigenvalue weighted by Crippen LogP contribution is 2.16. The van der Waals surface area contributed by atoms with Crippen LogP contribution in [0.5, 0.6) is 0 Å². The molecule has 0 saturated heterocycles. The van der Waals surface area contributed by atoms with E-state index in [9.17, 15) is 9.18 Å². The Kier molecular flexibility index (Phi) is 2.76. The quantitative estimate of drug-likeness (QED) is 0.691. The van der Waals surface area contributed by atoms with Crippen LogP contribution in [0.1, 0.15) is 0 Å². The van der Waals surface area contributed by atoms with Crippen LogP contribution in [0.4, 0.5) is 4.39 Å². The molecule has 2 aromatic carbocycles. The number of nitrogens with one attached hydrogen (secondary N) is 1. The second-order valence-corrected chi connectivity index (χ2v) is 4.48. The van der Waals surface area contributed by atoms with Crippen LogP contribution in [0.2, 0.25) is 0 Å². The normalized spacial score (nSPS) is 10.8. The van der Waals surface area contributed by atoms with Crippen LogP contribution >= 0.6 is 12.2 Å². The fourth-order valence-corrected chi connectivity index (χ4v) is 2.36. The van der Waals surface area contributed by atoms with Crippen molar-refractivity contribution in [3.63, 3.8) is 0 Å². The number of aromatic amines is 1. The van der Waals surface area contributed by atoms with E-state index in [2.05, 4.69) is 4.98 Å². The average molecular weight is 272 g/mol. The lowest BCUT2D eigenvalue weighted by atomic mass is 10.2. The maximum absolute atomic E-state index is 13.3. The van der Waals surface area contributed by atoms with Crippen LogP contribution < -0.4 is 5.56 Å². The predicted molar refractivity (Wildman–Crippen MR) is 74.7 cm³/mol. The van der Waals surface area contributed by atoms with Gasteiger partial charge in [-0.1, -0.05) is 18.2 Å². The van der Waals surface area contributed by atoms with Gasteiger partial charge in [0, 0.05) is 0 Å². The Labute approximate surface area is 113 Å². The predicted octanol–water partition coefficient (Wildman–Crippen LogP) is 3.19. The van der Waals surface area contributed by atoms with Gasteiger partial charge >= 0.3 is 0 Å². The van der Waals surface area contributed by atoms with E-state index in [1.54, 1.807) is 34.9 Å². The molecule has 0 bridgehead atoms. The van der Waals surface area contributed by atoms with Crippen LogP contribution in [0.25, 0.3) is 16.6 Å². The maximum atomic E-state index is 13.3. The third-order valence-electron chi connectivity index (χ3n) is 2.88. The van der Waals surface area contributed by atoms with Crippen molar-refractivity contribution in [1.82, 2.24) is 9.55 Å². The van der Waals surface area contributed by atoms with Gasteiger partial charge < -0.3 is 0 Å². The van der Waals surface area contributed by atoms with E-state index in [1.165, 1.54) is 12.1 Å². The third-order valence-corrected chi connectivity index (χ3v) is 3.16. The van der Waals surface area contributed by atoms with Crippen molar-refractivity contribution >= 4 is 23.1 Å². The van der Waals surface area contributed by atoms with Crippen LogP contribution in [0, 0.1) is 10.6 Å². The molecule has 0 spiro atoms. The van der Waals surface area contributed by atoms with Gasteiger partial charge in [0.2, 0.25) is 0 Å². The van der Waals surface area contributed by atoms with Crippen molar-refractivity contribution in [2.24, 2.45) is 0 Å². The topological polar surface area (TPSA) is 37.8 Å². The number of aromatic nitrogens is 2. The van der Waals surface area contributed by atoms with Gasteiger partial charge in [-0.05, 0) is 42.5 Å². The van der Waals surface area contributed by atoms with Gasteiger partial charge in [0.1, 0.15) is 5.82 Å². The minimum atomic E-state index is -0.352. The number of hydrogen-bond donors (Lipinski definition) is 1. The average Bonchev–Trinajstić information content (AvgIpc) is 2.39. The standard InChI is InChI=1S/C14H9FN2OS/c15-9-4-3-5-10(8-9)17-12-7-2-1-6-11(12)13(18)16-14(17)19/h1-8H,(H,16,18,19). The second kappa shape index (κ2) is 4.44. The molecule has 0 aliphatic carbocycles. The molecule has 3 nitrogen and oxygen atoms in total. The Balaban J connectivity index is 2.48. The zero-order valence-electron chi connectivity index (χ0n) is 9.76. The fraction of sp³-hybridized carbons (Fsp3) is 0. The molecular formula is C14H9FN2OS. The highest BCUT2D eigenvalue weighted by Gasteiger charge is 2.07. The van der Waals surface area contributed by atoms with Gasteiger partial charge in [-0.2, -0.15) is 0 Å². The highest BCUT2D eigenvalue weighted by atomic mass is 32.1. The van der Waals surface area contributed by atoms with Crippen LogP contribution in [0.3, 0.4) is 0 Å². The fourth-order valence-electron chi connectivity index (χ4n) is 2.06. The Bertz CT molecular complexity index is 882. The van der Waals surface area contributed by atoms with E-state index in [4.69, 9.17) is 12.2 Å². The van der Waals surface area contributed by atoms with Gasteiger partial charge in [-0.15, -0.1) is 0 Å². The van der Waals surface area contributed by atoms with E-state index in [1.807, 2.05) is 6.07 Å². The van der Waals surface area contributed by atoms with Crippen LogP contribution in [-0.4, -0.2) is 9.55 Å². The number of hydrogen-bond acceptors (Lipinski definition) is 2. The number of benzene rings is 2. The molecule has 0 saturated carbocycles. The summed E-state index contributed by atoms with van der Waals surface area (Å²) in [4.78, 5) is 14.4. The van der Waals surface area contributed by atoms with E-state index in [-0.39, 0.29) is 16.1 Å². The van der Waals surface area contributed by atoms with E-state index < -0.39 is 0 Å². The minimum Gasteiger partial charge on any atom is -0.298 e. The number of rotatable bonds is 1. The minimum absolute atomic E-state index is 0.242. The molecule has 0 fully saturated rings. The zero-order valence-corrected chi connectivity index (χ0v) is 10.6. The Morgan fingerprint density at radius 3 is 2.68 bits per heavy atom. The van der Waals surface area contributed by atoms with Crippen molar-refractivity contribution < 1.29 is 4.39 Å². The Morgan fingerprint density at radius 2 is 1.89 bits per heavy atom. The summed E-state index contributed by atoms with van der Waals surface area (Å²) < 4.78 is 15.2. The third kappa shape index (κ3) is 1.98. The molecule has 0 aliphatic heterocycles. The SMILES string of the molecule is O=c1[nH]c(=S)n(-c2cccc(F)c2)c2ccccc12. The van der Waals surface area contributed by atoms with Gasteiger partial charge in [0.15, 0.2) is 4.77 Å². The summed E-state index contributed by atoms with van der Waals surface area (Å²) in [6.07, 6.45) is 0. The summed E-state index contributed by atoms with van der Waals surface area (Å²) in [5.41, 5.74) is 0.993. The van der Waals surface area contributed by atoms with Crippen molar-refractivity contribution in [2.45, 2.75) is 0 Å². The smallest absolute Gasteiger partial charge is 0.259 e. The summed E-state index contributed by atoms with van der Waals surface area (Å²) >= 11 is 5.18.